The van der Waals surface area contributed by atoms with E-state index in [1.54, 1.807) is 20.7 Å². The van der Waals surface area contributed by atoms with E-state index < -0.39 is 0 Å². The molecule has 6 nitrogen and oxygen atoms in total. The van der Waals surface area contributed by atoms with Crippen molar-refractivity contribution in [2.75, 3.05) is 6.61 Å². The zero-order valence-electron chi connectivity index (χ0n) is 16.4. The summed E-state index contributed by atoms with van der Waals surface area (Å²) in [6.07, 6.45) is 1.82. The van der Waals surface area contributed by atoms with Crippen LogP contribution in [0.25, 0.3) is 22.2 Å². The van der Waals surface area contributed by atoms with E-state index in [4.69, 9.17) is 4.74 Å². The Morgan fingerprint density at radius 1 is 1.03 bits per heavy atom. The highest BCUT2D eigenvalue weighted by molar-refractivity contribution is 5.89. The van der Waals surface area contributed by atoms with Crippen LogP contribution in [-0.4, -0.2) is 20.3 Å². The summed E-state index contributed by atoms with van der Waals surface area (Å²) in [5.41, 5.74) is 5.23. The van der Waals surface area contributed by atoms with Gasteiger partial charge in [0.05, 0.1) is 18.6 Å². The highest BCUT2D eigenvalue weighted by Gasteiger charge is 2.22. The largest absolute Gasteiger partial charge is 0.489 e. The van der Waals surface area contributed by atoms with Crippen LogP contribution in [0.5, 0.6) is 5.75 Å². The molecule has 0 unspecified atom stereocenters. The zero-order chi connectivity index (χ0) is 20.1. The number of ether oxygens (including phenoxy) is 1. The lowest BCUT2D eigenvalue weighted by atomic mass is 10.0. The van der Waals surface area contributed by atoms with E-state index in [1.807, 2.05) is 61.7 Å². The zero-order valence-corrected chi connectivity index (χ0v) is 16.4. The molecule has 0 saturated carbocycles. The Labute approximate surface area is 167 Å². The molecule has 0 saturated heterocycles. The van der Waals surface area contributed by atoms with Crippen molar-refractivity contribution in [1.29, 1.82) is 0 Å². The Morgan fingerprint density at radius 2 is 1.83 bits per heavy atom. The van der Waals surface area contributed by atoms with Crippen LogP contribution in [-0.2, 0) is 20.1 Å². The van der Waals surface area contributed by atoms with Gasteiger partial charge < -0.3 is 9.30 Å². The molecule has 0 amide bonds. The minimum absolute atomic E-state index is 0.0143. The highest BCUT2D eigenvalue weighted by Crippen LogP contribution is 2.34. The summed E-state index contributed by atoms with van der Waals surface area (Å²) < 4.78 is 11.1. The quantitative estimate of drug-likeness (QED) is 0.543. The molecule has 2 aromatic carbocycles. The average Bonchev–Trinajstić information content (AvgIpc) is 3.00. The normalized spacial score (nSPS) is 12.9. The first-order valence-corrected chi connectivity index (χ1v) is 9.64. The minimum Gasteiger partial charge on any atom is -0.489 e. The molecule has 2 aromatic heterocycles. The fourth-order valence-electron chi connectivity index (χ4n) is 4.10. The molecule has 1 aliphatic heterocycles. The Hall–Kier alpha value is -3.54. The summed E-state index contributed by atoms with van der Waals surface area (Å²) >= 11 is 0. The van der Waals surface area contributed by atoms with Crippen molar-refractivity contribution in [3.05, 3.63) is 86.7 Å². The predicted octanol–water partition coefficient (Wildman–Crippen LogP) is 2.92. The van der Waals surface area contributed by atoms with E-state index in [1.165, 1.54) is 0 Å². The Morgan fingerprint density at radius 3 is 2.59 bits per heavy atom. The van der Waals surface area contributed by atoms with Crippen molar-refractivity contribution in [1.82, 2.24) is 13.7 Å². The Bertz CT molecular complexity index is 1330. The Kier molecular flexibility index (Phi) is 3.94. The number of pyridine rings is 1. The van der Waals surface area contributed by atoms with Crippen LogP contribution in [0, 0.1) is 6.92 Å². The van der Waals surface area contributed by atoms with Crippen LogP contribution >= 0.6 is 0 Å². The van der Waals surface area contributed by atoms with Gasteiger partial charge in [0.1, 0.15) is 17.9 Å². The van der Waals surface area contributed by atoms with Gasteiger partial charge in [-0.1, -0.05) is 30.3 Å². The summed E-state index contributed by atoms with van der Waals surface area (Å²) in [6.45, 7) is 3.32. The summed E-state index contributed by atoms with van der Waals surface area (Å²) in [7, 11) is 1.75. The standard InChI is InChI=1S/C23H21N3O3/c1-15-10-18(14-24(2)22(15)27)17-11-19-21-20(12-17)29-9-8-25(21)23(28)26(19)13-16-6-4-3-5-7-16/h3-7,10-12,14H,8-9,13H2,1-2H3. The van der Waals surface area contributed by atoms with Gasteiger partial charge >= 0.3 is 5.69 Å². The molecule has 6 heteroatoms. The lowest BCUT2D eigenvalue weighted by molar-refractivity contribution is 0.284. The van der Waals surface area contributed by atoms with Gasteiger partial charge in [0, 0.05) is 18.8 Å². The molecular formula is C23H21N3O3. The summed E-state index contributed by atoms with van der Waals surface area (Å²) in [4.78, 5) is 25.2. The van der Waals surface area contributed by atoms with E-state index in [9.17, 15) is 9.59 Å². The molecule has 0 atom stereocenters. The SMILES string of the molecule is Cc1cc(-c2cc3c4c(c2)n(Cc2ccccc2)c(=O)n4CCO3)cn(C)c1=O. The van der Waals surface area contributed by atoms with Gasteiger partial charge in [0.2, 0.25) is 0 Å². The molecule has 5 rings (SSSR count). The highest BCUT2D eigenvalue weighted by atomic mass is 16.5. The average molecular weight is 387 g/mol. The lowest BCUT2D eigenvalue weighted by Gasteiger charge is -2.17. The van der Waals surface area contributed by atoms with Crippen LogP contribution in [0.1, 0.15) is 11.1 Å². The smallest absolute Gasteiger partial charge is 0.329 e. The molecule has 0 bridgehead atoms. The molecule has 0 N–H and O–H groups in total. The number of aromatic nitrogens is 3. The van der Waals surface area contributed by atoms with Crippen molar-refractivity contribution >= 4 is 11.0 Å². The molecular weight excluding hydrogens is 366 g/mol. The molecule has 146 valence electrons. The van der Waals surface area contributed by atoms with Crippen molar-refractivity contribution in [2.24, 2.45) is 7.05 Å². The van der Waals surface area contributed by atoms with Gasteiger partial charge in [-0.15, -0.1) is 0 Å². The second-order valence-electron chi connectivity index (χ2n) is 7.52. The monoisotopic (exact) mass is 387 g/mol. The van der Waals surface area contributed by atoms with Crippen LogP contribution in [0.2, 0.25) is 0 Å². The molecule has 0 radical (unpaired) electrons. The third-order valence-corrected chi connectivity index (χ3v) is 5.53. The van der Waals surface area contributed by atoms with Crippen molar-refractivity contribution in [3.63, 3.8) is 0 Å². The van der Waals surface area contributed by atoms with Crippen molar-refractivity contribution < 1.29 is 4.74 Å². The Balaban J connectivity index is 1.76. The van der Waals surface area contributed by atoms with Crippen LogP contribution in [0.4, 0.5) is 0 Å². The van der Waals surface area contributed by atoms with Gasteiger partial charge in [-0.2, -0.15) is 0 Å². The van der Waals surface area contributed by atoms with E-state index >= 15 is 0 Å². The number of nitrogens with zero attached hydrogens (tertiary/aromatic N) is 3. The van der Waals surface area contributed by atoms with E-state index in [0.717, 1.165) is 27.7 Å². The summed E-state index contributed by atoms with van der Waals surface area (Å²) in [5, 5.41) is 0. The molecule has 3 heterocycles. The van der Waals surface area contributed by atoms with E-state index in [0.29, 0.717) is 31.0 Å². The van der Waals surface area contributed by atoms with Gasteiger partial charge in [0.25, 0.3) is 5.56 Å². The molecule has 0 spiro atoms. The molecule has 29 heavy (non-hydrogen) atoms. The number of hydrogen-bond acceptors (Lipinski definition) is 3. The molecule has 4 aromatic rings. The number of imidazole rings is 1. The van der Waals surface area contributed by atoms with Gasteiger partial charge in [-0.05, 0) is 41.8 Å². The number of hydrogen-bond donors (Lipinski definition) is 0. The number of benzene rings is 2. The first-order valence-electron chi connectivity index (χ1n) is 9.64. The first-order chi connectivity index (χ1) is 14.0. The van der Waals surface area contributed by atoms with Gasteiger partial charge in [0.15, 0.2) is 0 Å². The summed E-state index contributed by atoms with van der Waals surface area (Å²) in [6, 6.07) is 15.8. The number of aryl methyl sites for hydroxylation is 2. The van der Waals surface area contributed by atoms with Crippen LogP contribution in [0.15, 0.2) is 64.3 Å². The maximum Gasteiger partial charge on any atom is 0.329 e. The molecule has 0 fully saturated rings. The van der Waals surface area contributed by atoms with Crippen LogP contribution in [0.3, 0.4) is 0 Å². The van der Waals surface area contributed by atoms with E-state index in [-0.39, 0.29) is 11.2 Å². The van der Waals surface area contributed by atoms with Crippen LogP contribution < -0.4 is 16.0 Å². The molecule has 1 aliphatic rings. The number of rotatable bonds is 3. The van der Waals surface area contributed by atoms with E-state index in [2.05, 4.69) is 0 Å². The maximum absolute atomic E-state index is 13.1. The topological polar surface area (TPSA) is 58.2 Å². The second-order valence-corrected chi connectivity index (χ2v) is 7.52. The first kappa shape index (κ1) is 17.6. The van der Waals surface area contributed by atoms with Crippen molar-refractivity contribution in [3.8, 4) is 16.9 Å². The van der Waals surface area contributed by atoms with Gasteiger partial charge in [-0.3, -0.25) is 13.9 Å². The lowest BCUT2D eigenvalue weighted by Crippen LogP contribution is -2.28. The third kappa shape index (κ3) is 2.79. The fourth-order valence-corrected chi connectivity index (χ4v) is 4.10. The predicted molar refractivity (Wildman–Crippen MR) is 113 cm³/mol. The van der Waals surface area contributed by atoms with Gasteiger partial charge in [-0.25, -0.2) is 4.79 Å². The minimum atomic E-state index is -0.0257. The second kappa shape index (κ2) is 6.51. The third-order valence-electron chi connectivity index (χ3n) is 5.53. The molecule has 0 aliphatic carbocycles. The van der Waals surface area contributed by atoms with Crippen molar-refractivity contribution in [2.45, 2.75) is 20.0 Å². The summed E-state index contributed by atoms with van der Waals surface area (Å²) in [5.74, 6) is 0.708. The maximum atomic E-state index is 13.1. The fraction of sp³-hybridized carbons (Fsp3) is 0.217.